The summed E-state index contributed by atoms with van der Waals surface area (Å²) < 4.78 is 0. The topological polar surface area (TPSA) is 80.7 Å². The van der Waals surface area contributed by atoms with E-state index < -0.39 is 0 Å². The van der Waals surface area contributed by atoms with E-state index >= 15 is 0 Å². The van der Waals surface area contributed by atoms with Gasteiger partial charge in [-0.1, -0.05) is 6.92 Å². The van der Waals surface area contributed by atoms with Gasteiger partial charge in [-0.05, 0) is 57.0 Å². The van der Waals surface area contributed by atoms with Gasteiger partial charge >= 0.3 is 0 Å². The van der Waals surface area contributed by atoms with Crippen LogP contribution in [-0.2, 0) is 12.8 Å². The van der Waals surface area contributed by atoms with Crippen LogP contribution in [0.25, 0.3) is 0 Å². The van der Waals surface area contributed by atoms with Crippen LogP contribution >= 0.6 is 11.3 Å². The van der Waals surface area contributed by atoms with Crippen LogP contribution in [-0.4, -0.2) is 89.9 Å². The Morgan fingerprint density at radius 1 is 1.05 bits per heavy atom. The number of thiazole rings is 1. The predicted molar refractivity (Wildman–Crippen MR) is 158 cm³/mol. The van der Waals surface area contributed by atoms with Gasteiger partial charge in [-0.2, -0.15) is 4.98 Å². The van der Waals surface area contributed by atoms with E-state index in [1.165, 1.54) is 44.7 Å². The summed E-state index contributed by atoms with van der Waals surface area (Å²) in [4.78, 5) is 36.5. The molecule has 5 heterocycles. The Morgan fingerprint density at radius 2 is 1.82 bits per heavy atom. The minimum atomic E-state index is 0.0230. The average molecular weight is 547 g/mol. The number of aromatic nitrogens is 3. The van der Waals surface area contributed by atoms with Gasteiger partial charge in [0.15, 0.2) is 5.78 Å². The third-order valence-corrected chi connectivity index (χ3v) is 9.65. The summed E-state index contributed by atoms with van der Waals surface area (Å²) >= 11 is 1.56. The number of Topliss-reactive ketones (excluding diaryl/α,β-unsaturated/α-hetero) is 1. The summed E-state index contributed by atoms with van der Waals surface area (Å²) in [5, 5.41) is 5.25. The molecule has 0 aliphatic carbocycles. The molecule has 2 saturated heterocycles. The number of ketones is 1. The van der Waals surface area contributed by atoms with Crippen LogP contribution in [0.15, 0.2) is 24.4 Å². The zero-order chi connectivity index (χ0) is 27.1. The second-order valence-corrected chi connectivity index (χ2v) is 12.1. The summed E-state index contributed by atoms with van der Waals surface area (Å²) in [5.74, 6) is 1.30. The van der Waals surface area contributed by atoms with E-state index in [-0.39, 0.29) is 12.2 Å². The Balaban J connectivity index is 1.14. The summed E-state index contributed by atoms with van der Waals surface area (Å²) in [5.41, 5.74) is 4.80. The van der Waals surface area contributed by atoms with Crippen LogP contribution in [0.3, 0.4) is 0 Å². The van der Waals surface area contributed by atoms with Gasteiger partial charge in [-0.3, -0.25) is 9.69 Å². The first-order valence-corrected chi connectivity index (χ1v) is 14.9. The molecule has 0 amide bonds. The minimum absolute atomic E-state index is 0.0230. The molecule has 10 heteroatoms. The maximum absolute atomic E-state index is 12.9. The zero-order valence-electron chi connectivity index (χ0n) is 23.4. The van der Waals surface area contributed by atoms with Crippen LogP contribution in [0.4, 0.5) is 28.1 Å². The van der Waals surface area contributed by atoms with Crippen molar-refractivity contribution < 1.29 is 4.79 Å². The summed E-state index contributed by atoms with van der Waals surface area (Å²) in [6.45, 7) is 11.1. The average Bonchev–Trinajstić information content (AvgIpc) is 3.36. The van der Waals surface area contributed by atoms with Crippen molar-refractivity contribution in [3.05, 3.63) is 46.2 Å². The molecular weight excluding hydrogens is 508 g/mol. The number of nitrogens with one attached hydrogen (secondary N) is 1. The molecule has 9 nitrogen and oxygen atoms in total. The normalized spacial score (nSPS) is 19.1. The van der Waals surface area contributed by atoms with Crippen molar-refractivity contribution in [2.75, 3.05) is 68.5 Å². The fraction of sp³-hybridized carbons (Fsp3) is 0.517. The van der Waals surface area contributed by atoms with Gasteiger partial charge in [0.05, 0.1) is 5.01 Å². The molecule has 3 aliphatic rings. The van der Waals surface area contributed by atoms with E-state index in [1.54, 1.807) is 17.5 Å². The Morgan fingerprint density at radius 3 is 2.54 bits per heavy atom. The minimum Gasteiger partial charge on any atom is -0.371 e. The largest absolute Gasteiger partial charge is 0.371 e. The number of rotatable bonds is 5. The van der Waals surface area contributed by atoms with Gasteiger partial charge < -0.3 is 20.0 Å². The highest BCUT2D eigenvalue weighted by molar-refractivity contribution is 7.16. The molecule has 6 rings (SSSR count). The van der Waals surface area contributed by atoms with Gasteiger partial charge in [0, 0.05) is 81.9 Å². The monoisotopic (exact) mass is 546 g/mol. The van der Waals surface area contributed by atoms with Crippen molar-refractivity contribution in [2.45, 2.75) is 45.6 Å². The standard InChI is InChI=1S/C29H38N8OS/c1-5-25-32-26-24(38)17-20-18-30-29(33-27(20)35(4)28(26)39-25)31-23-7-6-22(16-19(23)2)36-10-8-21(9-11-36)37-14-12-34(3)13-15-37/h6-7,16,18,21H,5,8-15,17H2,1-4H3,(H,30,31,33). The highest BCUT2D eigenvalue weighted by atomic mass is 32.1. The van der Waals surface area contributed by atoms with Gasteiger partial charge in [-0.15, -0.1) is 11.3 Å². The molecule has 2 fully saturated rings. The van der Waals surface area contributed by atoms with Crippen LogP contribution < -0.4 is 15.1 Å². The molecule has 1 N–H and O–H groups in total. The lowest BCUT2D eigenvalue weighted by molar-refractivity contribution is 0.0982. The number of benzene rings is 1. The highest BCUT2D eigenvalue weighted by Crippen LogP contribution is 2.38. The smallest absolute Gasteiger partial charge is 0.229 e. The third kappa shape index (κ3) is 5.25. The number of piperazine rings is 1. The van der Waals surface area contributed by atoms with Gasteiger partial charge in [0.2, 0.25) is 5.95 Å². The van der Waals surface area contributed by atoms with Crippen molar-refractivity contribution in [3.8, 4) is 0 Å². The van der Waals surface area contributed by atoms with E-state index in [4.69, 9.17) is 4.98 Å². The number of carbonyl (C=O) groups is 1. The molecule has 0 radical (unpaired) electrons. The van der Waals surface area contributed by atoms with E-state index in [1.807, 2.05) is 11.9 Å². The van der Waals surface area contributed by atoms with Crippen molar-refractivity contribution in [1.29, 1.82) is 0 Å². The number of nitrogens with zero attached hydrogens (tertiary/aromatic N) is 7. The molecule has 1 aromatic carbocycles. The predicted octanol–water partition coefficient (Wildman–Crippen LogP) is 4.27. The van der Waals surface area contributed by atoms with E-state index in [0.29, 0.717) is 17.7 Å². The number of aryl methyl sites for hydroxylation is 2. The third-order valence-electron chi connectivity index (χ3n) is 8.38. The summed E-state index contributed by atoms with van der Waals surface area (Å²) in [6.07, 6.45) is 5.29. The molecule has 0 spiro atoms. The van der Waals surface area contributed by atoms with E-state index in [2.05, 4.69) is 69.1 Å². The van der Waals surface area contributed by atoms with Gasteiger partial charge in [0.1, 0.15) is 16.5 Å². The lowest BCUT2D eigenvalue weighted by Gasteiger charge is -2.42. The first-order valence-electron chi connectivity index (χ1n) is 14.1. The number of likely N-dealkylation sites (N-methyl/N-ethyl adjacent to an activating group) is 1. The summed E-state index contributed by atoms with van der Waals surface area (Å²) in [7, 11) is 4.18. The first-order chi connectivity index (χ1) is 18.9. The molecule has 0 bridgehead atoms. The fourth-order valence-electron chi connectivity index (χ4n) is 5.92. The number of anilines is 5. The second-order valence-electron chi connectivity index (χ2n) is 11.0. The second kappa shape index (κ2) is 10.8. The van der Waals surface area contributed by atoms with Crippen LogP contribution in [0.1, 0.15) is 46.4 Å². The number of fused-ring (bicyclic) bond motifs is 2. The maximum Gasteiger partial charge on any atom is 0.229 e. The Bertz CT molecular complexity index is 1360. The molecular formula is C29H38N8OS. The molecule has 39 heavy (non-hydrogen) atoms. The van der Waals surface area contributed by atoms with Crippen LogP contribution in [0.5, 0.6) is 0 Å². The van der Waals surface area contributed by atoms with Gasteiger partial charge in [-0.25, -0.2) is 9.97 Å². The fourth-order valence-corrected chi connectivity index (χ4v) is 6.91. The number of hydrogen-bond acceptors (Lipinski definition) is 10. The van der Waals surface area contributed by atoms with Crippen LogP contribution in [0.2, 0.25) is 0 Å². The molecule has 0 atom stereocenters. The number of carbonyl (C=O) groups excluding carboxylic acids is 1. The number of piperidine rings is 1. The maximum atomic E-state index is 12.9. The van der Waals surface area contributed by atoms with Crippen molar-refractivity contribution in [1.82, 2.24) is 24.8 Å². The van der Waals surface area contributed by atoms with Crippen molar-refractivity contribution in [3.63, 3.8) is 0 Å². The molecule has 2 aromatic heterocycles. The quantitative estimate of drug-likeness (QED) is 0.505. The Labute approximate surface area is 234 Å². The molecule has 3 aliphatic heterocycles. The molecule has 0 saturated carbocycles. The van der Waals surface area contributed by atoms with Gasteiger partial charge in [0.25, 0.3) is 0 Å². The molecule has 0 unspecified atom stereocenters. The van der Waals surface area contributed by atoms with Crippen molar-refractivity contribution in [2.24, 2.45) is 0 Å². The van der Waals surface area contributed by atoms with Crippen LogP contribution in [0, 0.1) is 6.92 Å². The Hall–Kier alpha value is -3.08. The van der Waals surface area contributed by atoms with E-state index in [0.717, 1.165) is 52.2 Å². The van der Waals surface area contributed by atoms with Crippen molar-refractivity contribution >= 4 is 45.3 Å². The first kappa shape index (κ1) is 26.2. The molecule has 3 aromatic rings. The zero-order valence-corrected chi connectivity index (χ0v) is 24.2. The SMILES string of the molecule is CCc1nc2c(s1)N(C)c1nc(Nc3ccc(N4CCC(N5CCN(C)CC5)CC4)cc3C)ncc1CC2=O. The molecule has 206 valence electrons. The lowest BCUT2D eigenvalue weighted by Crippen LogP contribution is -2.52. The van der Waals surface area contributed by atoms with E-state index in [9.17, 15) is 4.79 Å². The Kier molecular flexibility index (Phi) is 7.26. The number of hydrogen-bond donors (Lipinski definition) is 1. The highest BCUT2D eigenvalue weighted by Gasteiger charge is 2.29. The summed E-state index contributed by atoms with van der Waals surface area (Å²) in [6, 6.07) is 7.32. The lowest BCUT2D eigenvalue weighted by atomic mass is 10.0.